The van der Waals surface area contributed by atoms with Crippen molar-refractivity contribution in [1.82, 2.24) is 4.98 Å². The van der Waals surface area contributed by atoms with E-state index >= 15 is 0 Å². The van der Waals surface area contributed by atoms with Gasteiger partial charge in [-0.15, -0.1) is 0 Å². The molecule has 0 bridgehead atoms. The number of pyridine rings is 1. The van der Waals surface area contributed by atoms with Crippen LogP contribution >= 0.6 is 15.9 Å². The Morgan fingerprint density at radius 2 is 2.36 bits per heavy atom. The van der Waals surface area contributed by atoms with Crippen molar-refractivity contribution in [1.29, 1.82) is 0 Å². The van der Waals surface area contributed by atoms with Gasteiger partial charge in [-0.05, 0) is 15.9 Å². The highest BCUT2D eigenvalue weighted by Crippen LogP contribution is 2.25. The summed E-state index contributed by atoms with van der Waals surface area (Å²) < 4.78 is 5.63. The van der Waals surface area contributed by atoms with E-state index in [1.54, 1.807) is 6.20 Å². The number of carbonyl (C=O) groups is 1. The average Bonchev–Trinajstić information content (AvgIpc) is 2.35. The van der Waals surface area contributed by atoms with Gasteiger partial charge in [0.05, 0.1) is 5.56 Å². The molecule has 1 aliphatic heterocycles. The first-order chi connectivity index (χ1) is 5.29. The zero-order valence-corrected chi connectivity index (χ0v) is 7.09. The SMILES string of the molecule is O=C1OCc2c(Br)cncc21. The predicted octanol–water partition coefficient (Wildman–Crippen LogP) is 1.51. The molecule has 0 saturated heterocycles. The molecule has 2 rings (SSSR count). The van der Waals surface area contributed by atoms with Crippen LogP contribution < -0.4 is 0 Å². The molecule has 56 valence electrons. The van der Waals surface area contributed by atoms with Crippen molar-refractivity contribution in [3.63, 3.8) is 0 Å². The number of ether oxygens (including phenoxy) is 1. The first-order valence-corrected chi connectivity index (χ1v) is 3.88. The van der Waals surface area contributed by atoms with E-state index in [0.29, 0.717) is 12.2 Å². The van der Waals surface area contributed by atoms with Crippen molar-refractivity contribution in [2.24, 2.45) is 0 Å². The number of halogens is 1. The highest BCUT2D eigenvalue weighted by atomic mass is 79.9. The van der Waals surface area contributed by atoms with Crippen LogP contribution in [0.25, 0.3) is 0 Å². The Morgan fingerprint density at radius 1 is 1.55 bits per heavy atom. The van der Waals surface area contributed by atoms with Crippen LogP contribution in [-0.2, 0) is 11.3 Å². The molecule has 0 radical (unpaired) electrons. The second-order valence-corrected chi connectivity index (χ2v) is 3.08. The van der Waals surface area contributed by atoms with E-state index in [-0.39, 0.29) is 5.97 Å². The Balaban J connectivity index is 2.66. The van der Waals surface area contributed by atoms with Gasteiger partial charge in [0.25, 0.3) is 0 Å². The molecule has 4 heteroatoms. The lowest BCUT2D eigenvalue weighted by atomic mass is 10.2. The number of rotatable bonds is 0. The first-order valence-electron chi connectivity index (χ1n) is 3.08. The molecule has 0 aromatic carbocycles. The highest BCUT2D eigenvalue weighted by Gasteiger charge is 2.22. The number of esters is 1. The number of aromatic nitrogens is 1. The van der Waals surface area contributed by atoms with Crippen LogP contribution in [0.5, 0.6) is 0 Å². The third kappa shape index (κ3) is 0.939. The molecule has 0 fully saturated rings. The quantitative estimate of drug-likeness (QED) is 0.614. The molecule has 1 aromatic heterocycles. The fourth-order valence-corrected chi connectivity index (χ4v) is 1.45. The molecule has 1 aliphatic rings. The van der Waals surface area contributed by atoms with Crippen LogP contribution in [0.1, 0.15) is 15.9 Å². The van der Waals surface area contributed by atoms with Gasteiger partial charge in [0, 0.05) is 22.4 Å². The van der Waals surface area contributed by atoms with Gasteiger partial charge in [-0.25, -0.2) is 4.79 Å². The zero-order valence-electron chi connectivity index (χ0n) is 5.50. The minimum atomic E-state index is -0.284. The van der Waals surface area contributed by atoms with Gasteiger partial charge < -0.3 is 4.74 Å². The average molecular weight is 214 g/mol. The highest BCUT2D eigenvalue weighted by molar-refractivity contribution is 9.10. The monoisotopic (exact) mass is 213 g/mol. The van der Waals surface area contributed by atoms with Crippen molar-refractivity contribution < 1.29 is 9.53 Å². The van der Waals surface area contributed by atoms with Gasteiger partial charge in [-0.3, -0.25) is 4.98 Å². The van der Waals surface area contributed by atoms with Gasteiger partial charge >= 0.3 is 5.97 Å². The van der Waals surface area contributed by atoms with Crippen molar-refractivity contribution in [2.45, 2.75) is 6.61 Å². The van der Waals surface area contributed by atoms with Crippen molar-refractivity contribution >= 4 is 21.9 Å². The Bertz CT molecular complexity index is 324. The lowest BCUT2D eigenvalue weighted by molar-refractivity contribution is 0.0534. The van der Waals surface area contributed by atoms with Gasteiger partial charge in [0.2, 0.25) is 0 Å². The summed E-state index contributed by atoms with van der Waals surface area (Å²) in [4.78, 5) is 14.8. The maximum atomic E-state index is 10.9. The largest absolute Gasteiger partial charge is 0.457 e. The third-order valence-electron chi connectivity index (χ3n) is 1.57. The lowest BCUT2D eigenvalue weighted by Gasteiger charge is -1.93. The molecule has 1 aromatic rings. The number of fused-ring (bicyclic) bond motifs is 1. The summed E-state index contributed by atoms with van der Waals surface area (Å²) in [5.41, 5.74) is 1.46. The normalized spacial score (nSPS) is 14.5. The summed E-state index contributed by atoms with van der Waals surface area (Å²) in [6, 6.07) is 0. The topological polar surface area (TPSA) is 39.2 Å². The molecule has 11 heavy (non-hydrogen) atoms. The fourth-order valence-electron chi connectivity index (χ4n) is 1.000. The molecular formula is C7H4BrNO2. The Morgan fingerprint density at radius 3 is 3.09 bits per heavy atom. The maximum absolute atomic E-state index is 10.9. The van der Waals surface area contributed by atoms with Crippen molar-refractivity contribution in [2.75, 3.05) is 0 Å². The molecule has 0 amide bonds. The van der Waals surface area contributed by atoms with E-state index in [0.717, 1.165) is 10.0 Å². The van der Waals surface area contributed by atoms with Crippen LogP contribution in [0.2, 0.25) is 0 Å². The number of hydrogen-bond acceptors (Lipinski definition) is 3. The van der Waals surface area contributed by atoms with E-state index in [9.17, 15) is 4.79 Å². The van der Waals surface area contributed by atoms with Gasteiger partial charge in [0.1, 0.15) is 6.61 Å². The predicted molar refractivity (Wildman–Crippen MR) is 41.1 cm³/mol. The number of hydrogen-bond donors (Lipinski definition) is 0. The lowest BCUT2D eigenvalue weighted by Crippen LogP contribution is -1.93. The number of nitrogens with zero attached hydrogens (tertiary/aromatic N) is 1. The van der Waals surface area contributed by atoms with Crippen LogP contribution in [0.3, 0.4) is 0 Å². The van der Waals surface area contributed by atoms with Crippen LogP contribution in [-0.4, -0.2) is 11.0 Å². The van der Waals surface area contributed by atoms with E-state index < -0.39 is 0 Å². The summed E-state index contributed by atoms with van der Waals surface area (Å²) in [5, 5.41) is 0. The number of cyclic esters (lactones) is 1. The van der Waals surface area contributed by atoms with Gasteiger partial charge in [0.15, 0.2) is 0 Å². The summed E-state index contributed by atoms with van der Waals surface area (Å²) in [7, 11) is 0. The van der Waals surface area contributed by atoms with Crippen molar-refractivity contribution in [3.8, 4) is 0 Å². The second-order valence-electron chi connectivity index (χ2n) is 2.22. The summed E-state index contributed by atoms with van der Waals surface area (Å²) >= 11 is 3.28. The molecule has 0 N–H and O–H groups in total. The van der Waals surface area contributed by atoms with E-state index in [1.165, 1.54) is 6.20 Å². The molecule has 0 aliphatic carbocycles. The summed E-state index contributed by atoms with van der Waals surface area (Å²) in [6.07, 6.45) is 3.18. The van der Waals surface area contributed by atoms with Gasteiger partial charge in [-0.1, -0.05) is 0 Å². The van der Waals surface area contributed by atoms with E-state index in [2.05, 4.69) is 20.9 Å². The minimum Gasteiger partial charge on any atom is -0.457 e. The number of carbonyl (C=O) groups excluding carboxylic acids is 1. The first kappa shape index (κ1) is 6.79. The zero-order chi connectivity index (χ0) is 7.84. The van der Waals surface area contributed by atoms with E-state index in [1.807, 2.05) is 0 Å². The Kier molecular flexibility index (Phi) is 1.42. The van der Waals surface area contributed by atoms with Crippen LogP contribution in [0.15, 0.2) is 16.9 Å². The molecule has 3 nitrogen and oxygen atoms in total. The fraction of sp³-hybridized carbons (Fsp3) is 0.143. The Hall–Kier alpha value is -0.900. The standard InChI is InChI=1S/C7H4BrNO2/c8-6-2-9-1-4-5(6)3-11-7(4)10/h1-2H,3H2. The molecule has 2 heterocycles. The van der Waals surface area contributed by atoms with E-state index in [4.69, 9.17) is 4.74 Å². The van der Waals surface area contributed by atoms with Crippen LogP contribution in [0.4, 0.5) is 0 Å². The van der Waals surface area contributed by atoms with Gasteiger partial charge in [-0.2, -0.15) is 0 Å². The van der Waals surface area contributed by atoms with Crippen molar-refractivity contribution in [3.05, 3.63) is 28.0 Å². The minimum absolute atomic E-state index is 0.284. The maximum Gasteiger partial charge on any atom is 0.340 e. The molecule has 0 atom stereocenters. The summed E-state index contributed by atoms with van der Waals surface area (Å²) in [5.74, 6) is -0.284. The Labute approximate surface area is 71.5 Å². The van der Waals surface area contributed by atoms with Crippen LogP contribution in [0, 0.1) is 0 Å². The molecular weight excluding hydrogens is 210 g/mol. The molecule has 0 saturated carbocycles. The summed E-state index contributed by atoms with van der Waals surface area (Å²) in [6.45, 7) is 0.358. The molecule has 0 spiro atoms. The second kappa shape index (κ2) is 2.30. The third-order valence-corrected chi connectivity index (χ3v) is 2.26. The molecule has 0 unspecified atom stereocenters. The smallest absolute Gasteiger partial charge is 0.340 e.